The minimum Gasteiger partial charge on any atom is -0.492 e. The molecule has 92 valence electrons. The molecule has 0 saturated carbocycles. The predicted molar refractivity (Wildman–Crippen MR) is 66.3 cm³/mol. The highest BCUT2D eigenvalue weighted by atomic mass is 16.5. The highest BCUT2D eigenvalue weighted by Crippen LogP contribution is 2.12. The van der Waals surface area contributed by atoms with Crippen molar-refractivity contribution < 1.29 is 14.6 Å². The zero-order chi connectivity index (χ0) is 12.8. The van der Waals surface area contributed by atoms with Gasteiger partial charge in [-0.05, 0) is 31.2 Å². The number of benzene rings is 1. The molecule has 0 aromatic heterocycles. The average Bonchev–Trinajstić information content (AvgIpc) is 2.29. The highest BCUT2D eigenvalue weighted by Gasteiger charge is 2.02. The SMILES string of the molecule is C=C(C)N(C)CCOc1ccc(C(=O)O)cc1. The van der Waals surface area contributed by atoms with E-state index in [4.69, 9.17) is 9.84 Å². The number of hydrogen-bond acceptors (Lipinski definition) is 3. The monoisotopic (exact) mass is 235 g/mol. The number of carboxylic acid groups (broad SMARTS) is 1. The molecule has 0 aliphatic heterocycles. The van der Waals surface area contributed by atoms with Gasteiger partial charge in [0, 0.05) is 12.7 Å². The molecule has 0 radical (unpaired) electrons. The molecule has 1 aromatic carbocycles. The summed E-state index contributed by atoms with van der Waals surface area (Å²) in [6.07, 6.45) is 0. The van der Waals surface area contributed by atoms with Crippen LogP contribution in [0.15, 0.2) is 36.5 Å². The van der Waals surface area contributed by atoms with E-state index >= 15 is 0 Å². The summed E-state index contributed by atoms with van der Waals surface area (Å²) in [6.45, 7) is 7.03. The molecule has 17 heavy (non-hydrogen) atoms. The molecule has 0 saturated heterocycles. The number of likely N-dealkylation sites (N-methyl/N-ethyl adjacent to an activating group) is 1. The van der Waals surface area contributed by atoms with Crippen LogP contribution in [-0.2, 0) is 0 Å². The van der Waals surface area contributed by atoms with E-state index in [9.17, 15) is 4.79 Å². The van der Waals surface area contributed by atoms with Gasteiger partial charge in [-0.25, -0.2) is 4.79 Å². The van der Waals surface area contributed by atoms with Gasteiger partial charge in [0.15, 0.2) is 0 Å². The van der Waals surface area contributed by atoms with Crippen LogP contribution < -0.4 is 4.74 Å². The van der Waals surface area contributed by atoms with Gasteiger partial charge >= 0.3 is 5.97 Å². The van der Waals surface area contributed by atoms with E-state index in [1.54, 1.807) is 12.1 Å². The summed E-state index contributed by atoms with van der Waals surface area (Å²) in [6, 6.07) is 6.37. The largest absolute Gasteiger partial charge is 0.492 e. The van der Waals surface area contributed by atoms with Crippen molar-refractivity contribution in [3.05, 3.63) is 42.1 Å². The zero-order valence-corrected chi connectivity index (χ0v) is 10.1. The topological polar surface area (TPSA) is 49.8 Å². The number of carboxylic acids is 1. The van der Waals surface area contributed by atoms with Gasteiger partial charge in [0.05, 0.1) is 12.1 Å². The Kier molecular flexibility index (Phi) is 4.57. The van der Waals surface area contributed by atoms with Crippen LogP contribution in [0, 0.1) is 0 Å². The molecule has 1 aromatic rings. The van der Waals surface area contributed by atoms with Crippen molar-refractivity contribution in [1.29, 1.82) is 0 Å². The lowest BCUT2D eigenvalue weighted by Crippen LogP contribution is -2.21. The van der Waals surface area contributed by atoms with Gasteiger partial charge in [-0.2, -0.15) is 0 Å². The number of ether oxygens (including phenoxy) is 1. The number of nitrogens with zero attached hydrogens (tertiary/aromatic N) is 1. The Morgan fingerprint density at radius 3 is 2.47 bits per heavy atom. The van der Waals surface area contributed by atoms with Crippen LogP contribution in [-0.4, -0.2) is 36.2 Å². The quantitative estimate of drug-likeness (QED) is 0.821. The number of allylic oxidation sites excluding steroid dienone is 1. The molecular weight excluding hydrogens is 218 g/mol. The molecule has 0 spiro atoms. The molecule has 0 fully saturated rings. The third-order valence-corrected chi connectivity index (χ3v) is 2.45. The van der Waals surface area contributed by atoms with Crippen molar-refractivity contribution in [3.8, 4) is 5.75 Å². The molecule has 4 heteroatoms. The fourth-order valence-electron chi connectivity index (χ4n) is 1.19. The number of hydrogen-bond donors (Lipinski definition) is 1. The lowest BCUT2D eigenvalue weighted by atomic mass is 10.2. The van der Waals surface area contributed by atoms with Crippen molar-refractivity contribution in [2.75, 3.05) is 20.2 Å². The van der Waals surface area contributed by atoms with E-state index in [-0.39, 0.29) is 5.56 Å². The summed E-state index contributed by atoms with van der Waals surface area (Å²) >= 11 is 0. The minimum atomic E-state index is -0.932. The average molecular weight is 235 g/mol. The Hall–Kier alpha value is -1.97. The Morgan fingerprint density at radius 1 is 1.41 bits per heavy atom. The second-order valence-corrected chi connectivity index (χ2v) is 3.83. The van der Waals surface area contributed by atoms with Gasteiger partial charge in [0.1, 0.15) is 12.4 Å². The molecule has 0 aliphatic carbocycles. The van der Waals surface area contributed by atoms with E-state index in [1.165, 1.54) is 12.1 Å². The summed E-state index contributed by atoms with van der Waals surface area (Å²) in [5.74, 6) is -0.260. The molecule has 0 amide bonds. The van der Waals surface area contributed by atoms with E-state index in [0.29, 0.717) is 12.4 Å². The first-order valence-corrected chi connectivity index (χ1v) is 5.33. The number of aromatic carboxylic acids is 1. The van der Waals surface area contributed by atoms with Crippen molar-refractivity contribution in [2.24, 2.45) is 0 Å². The maximum Gasteiger partial charge on any atom is 0.335 e. The maximum absolute atomic E-state index is 10.6. The molecular formula is C13H17NO3. The number of carbonyl (C=O) groups is 1. The fraction of sp³-hybridized carbons (Fsp3) is 0.308. The van der Waals surface area contributed by atoms with Crippen LogP contribution >= 0.6 is 0 Å². The molecule has 0 aliphatic rings. The molecule has 0 atom stereocenters. The van der Waals surface area contributed by atoms with Crippen LogP contribution in [0.3, 0.4) is 0 Å². The lowest BCUT2D eigenvalue weighted by molar-refractivity contribution is 0.0697. The van der Waals surface area contributed by atoms with Gasteiger partial charge in [0.25, 0.3) is 0 Å². The third kappa shape index (κ3) is 4.18. The van der Waals surface area contributed by atoms with Crippen LogP contribution in [0.25, 0.3) is 0 Å². The summed E-state index contributed by atoms with van der Waals surface area (Å²) in [5, 5.41) is 8.73. The third-order valence-electron chi connectivity index (χ3n) is 2.45. The van der Waals surface area contributed by atoms with Crippen molar-refractivity contribution in [2.45, 2.75) is 6.92 Å². The fourth-order valence-corrected chi connectivity index (χ4v) is 1.19. The molecule has 0 bridgehead atoms. The van der Waals surface area contributed by atoms with Crippen LogP contribution in [0.1, 0.15) is 17.3 Å². The van der Waals surface area contributed by atoms with Gasteiger partial charge in [-0.3, -0.25) is 0 Å². The Balaban J connectivity index is 2.42. The lowest BCUT2D eigenvalue weighted by Gasteiger charge is -2.18. The second-order valence-electron chi connectivity index (χ2n) is 3.83. The molecule has 4 nitrogen and oxygen atoms in total. The Morgan fingerprint density at radius 2 is 2.00 bits per heavy atom. The van der Waals surface area contributed by atoms with Gasteiger partial charge < -0.3 is 14.7 Å². The second kappa shape index (κ2) is 5.94. The van der Waals surface area contributed by atoms with Crippen LogP contribution in [0.5, 0.6) is 5.75 Å². The first-order chi connectivity index (χ1) is 8.00. The standard InChI is InChI=1S/C13H17NO3/c1-10(2)14(3)8-9-17-12-6-4-11(5-7-12)13(15)16/h4-7H,1,8-9H2,2-3H3,(H,15,16). The van der Waals surface area contributed by atoms with Gasteiger partial charge in [-0.15, -0.1) is 0 Å². The summed E-state index contributed by atoms with van der Waals surface area (Å²) < 4.78 is 5.49. The van der Waals surface area contributed by atoms with E-state index < -0.39 is 5.97 Å². The first-order valence-electron chi connectivity index (χ1n) is 5.33. The van der Waals surface area contributed by atoms with Gasteiger partial charge in [-0.1, -0.05) is 6.58 Å². The van der Waals surface area contributed by atoms with E-state index in [2.05, 4.69) is 6.58 Å². The molecule has 1 N–H and O–H groups in total. The summed E-state index contributed by atoms with van der Waals surface area (Å²) in [5.41, 5.74) is 1.24. The summed E-state index contributed by atoms with van der Waals surface area (Å²) in [4.78, 5) is 12.6. The Labute approximate surface area is 101 Å². The van der Waals surface area contributed by atoms with E-state index in [1.807, 2.05) is 18.9 Å². The molecule has 0 unspecified atom stereocenters. The Bertz CT molecular complexity index is 398. The van der Waals surface area contributed by atoms with Crippen LogP contribution in [0.4, 0.5) is 0 Å². The van der Waals surface area contributed by atoms with Gasteiger partial charge in [0.2, 0.25) is 0 Å². The van der Waals surface area contributed by atoms with Crippen molar-refractivity contribution in [3.63, 3.8) is 0 Å². The van der Waals surface area contributed by atoms with Crippen molar-refractivity contribution >= 4 is 5.97 Å². The summed E-state index contributed by atoms with van der Waals surface area (Å²) in [7, 11) is 1.94. The maximum atomic E-state index is 10.6. The molecule has 0 heterocycles. The molecule has 1 rings (SSSR count). The van der Waals surface area contributed by atoms with Crippen molar-refractivity contribution in [1.82, 2.24) is 4.90 Å². The first kappa shape index (κ1) is 13.1. The van der Waals surface area contributed by atoms with E-state index in [0.717, 1.165) is 12.2 Å². The minimum absolute atomic E-state index is 0.261. The van der Waals surface area contributed by atoms with Crippen LogP contribution in [0.2, 0.25) is 0 Å². The highest BCUT2D eigenvalue weighted by molar-refractivity contribution is 5.87. The smallest absolute Gasteiger partial charge is 0.335 e. The zero-order valence-electron chi connectivity index (χ0n) is 10.1. The predicted octanol–water partition coefficient (Wildman–Crippen LogP) is 2.23. The number of rotatable bonds is 6. The normalized spacial score (nSPS) is 9.76.